The summed E-state index contributed by atoms with van der Waals surface area (Å²) in [6.07, 6.45) is 0. The van der Waals surface area contributed by atoms with Crippen LogP contribution in [-0.4, -0.2) is 35.1 Å². The van der Waals surface area contributed by atoms with Gasteiger partial charge in [0.15, 0.2) is 0 Å². The number of halogens is 2. The standard InChI is InChI=1S/C23H28BrClN2O2S/c1-16(2)12-26-23(29)17(3)27(13-18-6-10-21(25)11-7-18)22(28)15-30-14-19-4-8-20(24)9-5-19/h4-11,16-17H,12-15H2,1-3H3,(H,26,29). The fourth-order valence-corrected chi connectivity index (χ4v) is 4.00. The van der Waals surface area contributed by atoms with Gasteiger partial charge in [-0.2, -0.15) is 0 Å². The van der Waals surface area contributed by atoms with Crippen LogP contribution in [0.15, 0.2) is 53.0 Å². The smallest absolute Gasteiger partial charge is 0.242 e. The van der Waals surface area contributed by atoms with Crippen LogP contribution in [-0.2, 0) is 21.9 Å². The fraction of sp³-hybridized carbons (Fsp3) is 0.391. The average molecular weight is 512 g/mol. The normalized spacial score (nSPS) is 11.9. The number of hydrogen-bond acceptors (Lipinski definition) is 3. The number of thioether (sulfide) groups is 1. The second kappa shape index (κ2) is 12.4. The maximum atomic E-state index is 13.0. The van der Waals surface area contributed by atoms with Gasteiger partial charge in [-0.3, -0.25) is 9.59 Å². The highest BCUT2D eigenvalue weighted by atomic mass is 79.9. The van der Waals surface area contributed by atoms with E-state index in [0.29, 0.717) is 29.8 Å². The Balaban J connectivity index is 2.04. The lowest BCUT2D eigenvalue weighted by molar-refractivity contribution is -0.138. The Labute approximate surface area is 196 Å². The van der Waals surface area contributed by atoms with Gasteiger partial charge in [-0.1, -0.05) is 65.6 Å². The first-order valence-electron chi connectivity index (χ1n) is 9.90. The minimum absolute atomic E-state index is 0.0562. The number of carbonyl (C=O) groups excluding carboxylic acids is 2. The van der Waals surface area contributed by atoms with Gasteiger partial charge in [0, 0.05) is 28.3 Å². The molecule has 0 aliphatic carbocycles. The summed E-state index contributed by atoms with van der Waals surface area (Å²) in [6.45, 7) is 6.82. The molecule has 1 unspecified atom stereocenters. The summed E-state index contributed by atoms with van der Waals surface area (Å²) >= 11 is 11.0. The summed E-state index contributed by atoms with van der Waals surface area (Å²) in [4.78, 5) is 27.3. The molecule has 2 amide bonds. The highest BCUT2D eigenvalue weighted by Gasteiger charge is 2.26. The third-order valence-corrected chi connectivity index (χ3v) is 6.29. The zero-order valence-corrected chi connectivity index (χ0v) is 20.7. The summed E-state index contributed by atoms with van der Waals surface area (Å²) in [7, 11) is 0. The van der Waals surface area contributed by atoms with Crippen LogP contribution in [0.1, 0.15) is 31.9 Å². The summed E-state index contributed by atoms with van der Waals surface area (Å²) in [5.41, 5.74) is 2.09. The van der Waals surface area contributed by atoms with Crippen LogP contribution < -0.4 is 5.32 Å². The Bertz CT molecular complexity index is 828. The Morgan fingerprint density at radius 2 is 1.63 bits per heavy atom. The van der Waals surface area contributed by atoms with E-state index in [2.05, 4.69) is 21.2 Å². The van der Waals surface area contributed by atoms with Crippen LogP contribution >= 0.6 is 39.3 Å². The molecule has 4 nitrogen and oxygen atoms in total. The van der Waals surface area contributed by atoms with E-state index in [9.17, 15) is 9.59 Å². The van der Waals surface area contributed by atoms with Crippen molar-refractivity contribution in [3.05, 3.63) is 69.2 Å². The van der Waals surface area contributed by atoms with Crippen LogP contribution in [0.5, 0.6) is 0 Å². The molecule has 0 radical (unpaired) electrons. The van der Waals surface area contributed by atoms with Crippen molar-refractivity contribution < 1.29 is 9.59 Å². The van der Waals surface area contributed by atoms with Crippen LogP contribution in [0.4, 0.5) is 0 Å². The van der Waals surface area contributed by atoms with Gasteiger partial charge >= 0.3 is 0 Å². The number of benzene rings is 2. The lowest BCUT2D eigenvalue weighted by atomic mass is 10.1. The fourth-order valence-electron chi connectivity index (χ4n) is 2.74. The average Bonchev–Trinajstić information content (AvgIpc) is 2.72. The lowest BCUT2D eigenvalue weighted by Crippen LogP contribution is -2.48. The topological polar surface area (TPSA) is 49.4 Å². The number of nitrogens with zero attached hydrogens (tertiary/aromatic N) is 1. The van der Waals surface area contributed by atoms with E-state index >= 15 is 0 Å². The van der Waals surface area contributed by atoms with Crippen molar-refractivity contribution in [1.82, 2.24) is 10.2 Å². The summed E-state index contributed by atoms with van der Waals surface area (Å²) in [5.74, 6) is 1.21. The molecule has 0 aliphatic rings. The molecule has 0 aliphatic heterocycles. The molecule has 30 heavy (non-hydrogen) atoms. The van der Waals surface area contributed by atoms with Crippen molar-refractivity contribution in [2.75, 3.05) is 12.3 Å². The maximum Gasteiger partial charge on any atom is 0.242 e. The van der Waals surface area contributed by atoms with Crippen LogP contribution in [0, 0.1) is 5.92 Å². The van der Waals surface area contributed by atoms with Gasteiger partial charge in [0.2, 0.25) is 11.8 Å². The van der Waals surface area contributed by atoms with E-state index in [4.69, 9.17) is 11.6 Å². The van der Waals surface area contributed by atoms with Crippen molar-refractivity contribution in [2.24, 2.45) is 5.92 Å². The van der Waals surface area contributed by atoms with E-state index in [1.807, 2.05) is 50.2 Å². The van der Waals surface area contributed by atoms with Crippen molar-refractivity contribution in [1.29, 1.82) is 0 Å². The van der Waals surface area contributed by atoms with Crippen molar-refractivity contribution in [3.8, 4) is 0 Å². The van der Waals surface area contributed by atoms with Crippen molar-refractivity contribution in [3.63, 3.8) is 0 Å². The molecule has 0 saturated carbocycles. The summed E-state index contributed by atoms with van der Waals surface area (Å²) in [6, 6.07) is 14.9. The molecule has 0 heterocycles. The first-order chi connectivity index (χ1) is 14.3. The van der Waals surface area contributed by atoms with Crippen LogP contribution in [0.2, 0.25) is 5.02 Å². The Hall–Kier alpha value is -1.50. The summed E-state index contributed by atoms with van der Waals surface area (Å²) in [5, 5.41) is 3.58. The maximum absolute atomic E-state index is 13.0. The first kappa shape index (κ1) is 24.8. The largest absolute Gasteiger partial charge is 0.354 e. The van der Waals surface area contributed by atoms with E-state index in [-0.39, 0.29) is 11.8 Å². The second-order valence-corrected chi connectivity index (χ2v) is 9.92. The van der Waals surface area contributed by atoms with Crippen LogP contribution in [0.3, 0.4) is 0 Å². The molecule has 0 aromatic heterocycles. The highest BCUT2D eigenvalue weighted by molar-refractivity contribution is 9.10. The minimum Gasteiger partial charge on any atom is -0.354 e. The number of nitrogens with one attached hydrogen (secondary N) is 1. The minimum atomic E-state index is -0.555. The van der Waals surface area contributed by atoms with Crippen LogP contribution in [0.25, 0.3) is 0 Å². The van der Waals surface area contributed by atoms with Gasteiger partial charge < -0.3 is 10.2 Å². The number of rotatable bonds is 10. The zero-order chi connectivity index (χ0) is 22.1. The number of hydrogen-bond donors (Lipinski definition) is 1. The molecule has 2 aromatic carbocycles. The quantitative estimate of drug-likeness (QED) is 0.456. The molecule has 2 rings (SSSR count). The zero-order valence-electron chi connectivity index (χ0n) is 17.5. The molecule has 1 N–H and O–H groups in total. The van der Waals surface area contributed by atoms with Gasteiger partial charge in [0.05, 0.1) is 5.75 Å². The Morgan fingerprint density at radius 1 is 1.03 bits per heavy atom. The molecule has 7 heteroatoms. The SMILES string of the molecule is CC(C)CNC(=O)C(C)N(Cc1ccc(Cl)cc1)C(=O)CSCc1ccc(Br)cc1. The molecule has 0 bridgehead atoms. The third-order valence-electron chi connectivity index (χ3n) is 4.53. The number of amides is 2. The first-order valence-corrected chi connectivity index (χ1v) is 12.2. The predicted octanol–water partition coefficient (Wildman–Crippen LogP) is 5.53. The molecule has 0 saturated heterocycles. The highest BCUT2D eigenvalue weighted by Crippen LogP contribution is 2.18. The van der Waals surface area contributed by atoms with Gasteiger partial charge in [-0.25, -0.2) is 0 Å². The molecule has 0 spiro atoms. The van der Waals surface area contributed by atoms with Crippen molar-refractivity contribution >= 4 is 51.1 Å². The van der Waals surface area contributed by atoms with Gasteiger partial charge in [-0.15, -0.1) is 11.8 Å². The van der Waals surface area contributed by atoms with Gasteiger partial charge in [0.25, 0.3) is 0 Å². The number of carbonyl (C=O) groups is 2. The summed E-state index contributed by atoms with van der Waals surface area (Å²) < 4.78 is 1.03. The molecule has 1 atom stereocenters. The predicted molar refractivity (Wildman–Crippen MR) is 130 cm³/mol. The third kappa shape index (κ3) is 8.32. The molecule has 2 aromatic rings. The van der Waals surface area contributed by atoms with E-state index < -0.39 is 6.04 Å². The lowest BCUT2D eigenvalue weighted by Gasteiger charge is -2.29. The van der Waals surface area contributed by atoms with E-state index in [0.717, 1.165) is 21.4 Å². The Morgan fingerprint density at radius 3 is 2.23 bits per heavy atom. The van der Waals surface area contributed by atoms with E-state index in [1.165, 1.54) is 0 Å². The molecule has 0 fully saturated rings. The Kier molecular flexibility index (Phi) is 10.2. The molecular formula is C23H28BrClN2O2S. The second-order valence-electron chi connectivity index (χ2n) is 7.58. The van der Waals surface area contributed by atoms with E-state index in [1.54, 1.807) is 35.7 Å². The van der Waals surface area contributed by atoms with Crippen molar-refractivity contribution in [2.45, 2.75) is 39.1 Å². The van der Waals surface area contributed by atoms with Gasteiger partial charge in [0.1, 0.15) is 6.04 Å². The van der Waals surface area contributed by atoms with Gasteiger partial charge in [-0.05, 0) is 48.2 Å². The molecule has 162 valence electrons. The molecular weight excluding hydrogens is 484 g/mol. The monoisotopic (exact) mass is 510 g/mol.